The third kappa shape index (κ3) is 43.9. The first-order valence-corrected chi connectivity index (χ1v) is 33.4. The van der Waals surface area contributed by atoms with Gasteiger partial charge in [-0.3, -0.25) is 9.59 Å². The van der Waals surface area contributed by atoms with Crippen LogP contribution in [0.5, 0.6) is 0 Å². The summed E-state index contributed by atoms with van der Waals surface area (Å²) >= 11 is 0. The molecule has 6 N–H and O–H groups in total. The number of ether oxygens (including phenoxy) is 3. The van der Waals surface area contributed by atoms with Crippen LogP contribution in [-0.2, 0) is 23.8 Å². The van der Waals surface area contributed by atoms with Crippen LogP contribution in [0.15, 0.2) is 48.6 Å². The molecule has 1 saturated heterocycles. The molecular formula is C68H125NO10. The minimum atomic E-state index is -1.62. The van der Waals surface area contributed by atoms with Crippen LogP contribution in [0.1, 0.15) is 310 Å². The molecule has 8 atom stereocenters. The molecule has 0 saturated carbocycles. The number of unbranched alkanes of at least 4 members (excludes halogenated alkanes) is 37. The number of hydrogen-bond acceptors (Lipinski definition) is 10. The van der Waals surface area contributed by atoms with Gasteiger partial charge in [0.05, 0.1) is 25.4 Å². The van der Waals surface area contributed by atoms with Crippen molar-refractivity contribution in [1.29, 1.82) is 0 Å². The van der Waals surface area contributed by atoms with Crippen molar-refractivity contribution in [2.24, 2.45) is 0 Å². The largest absolute Gasteiger partial charge is 0.454 e. The molecule has 462 valence electrons. The highest BCUT2D eigenvalue weighted by molar-refractivity contribution is 5.80. The molecule has 1 aliphatic heterocycles. The Morgan fingerprint density at radius 2 is 0.911 bits per heavy atom. The highest BCUT2D eigenvalue weighted by Gasteiger charge is 2.47. The quantitative estimate of drug-likeness (QED) is 0.0195. The topological polar surface area (TPSA) is 175 Å². The lowest BCUT2D eigenvalue weighted by Crippen LogP contribution is -2.61. The molecule has 11 heteroatoms. The lowest BCUT2D eigenvalue weighted by molar-refractivity contribution is -0.305. The number of nitrogens with one attached hydrogen (secondary N) is 1. The van der Waals surface area contributed by atoms with E-state index < -0.39 is 67.4 Å². The molecule has 0 aromatic rings. The molecule has 11 nitrogen and oxygen atoms in total. The number of amides is 1. The van der Waals surface area contributed by atoms with Crippen molar-refractivity contribution in [2.75, 3.05) is 13.2 Å². The second-order valence-electron chi connectivity index (χ2n) is 23.2. The molecule has 0 aliphatic carbocycles. The molecule has 1 amide bonds. The Hall–Kier alpha value is -2.38. The van der Waals surface area contributed by atoms with Crippen LogP contribution in [0.25, 0.3) is 0 Å². The zero-order valence-corrected chi connectivity index (χ0v) is 51.2. The maximum atomic E-state index is 13.5. The normalized spacial score (nSPS) is 19.1. The first kappa shape index (κ1) is 74.6. The minimum absolute atomic E-state index is 0.0985. The van der Waals surface area contributed by atoms with Gasteiger partial charge in [0, 0.05) is 6.42 Å². The Bertz CT molecular complexity index is 1470. The number of carbonyl (C=O) groups is 2. The molecule has 1 aliphatic rings. The van der Waals surface area contributed by atoms with Crippen LogP contribution >= 0.6 is 0 Å². The Morgan fingerprint density at radius 1 is 0.506 bits per heavy atom. The molecule has 0 bridgehead atoms. The summed E-state index contributed by atoms with van der Waals surface area (Å²) in [4.78, 5) is 26.6. The van der Waals surface area contributed by atoms with Crippen LogP contribution in [0.4, 0.5) is 0 Å². The van der Waals surface area contributed by atoms with E-state index >= 15 is 0 Å². The van der Waals surface area contributed by atoms with E-state index in [1.807, 2.05) is 6.08 Å². The predicted octanol–water partition coefficient (Wildman–Crippen LogP) is 16.4. The maximum Gasteiger partial charge on any atom is 0.306 e. The van der Waals surface area contributed by atoms with E-state index in [0.717, 1.165) is 83.5 Å². The Labute approximate surface area is 485 Å². The number of hydrogen-bond donors (Lipinski definition) is 6. The van der Waals surface area contributed by atoms with Crippen molar-refractivity contribution in [1.82, 2.24) is 5.32 Å². The SMILES string of the molecule is CC/C=C/C/C=C/C/C=C/CCCCCCC(=O)OC1C(OCC(NC(=O)C(O)CCCCCCCCCCCCCCCCCCCCCCCCCC)C(O)/C=C/CCCCCCCCCCCC)OC(CO)C(O)C1O. The summed E-state index contributed by atoms with van der Waals surface area (Å²) < 4.78 is 17.6. The summed E-state index contributed by atoms with van der Waals surface area (Å²) in [7, 11) is 0. The molecular weight excluding hydrogens is 991 g/mol. The highest BCUT2D eigenvalue weighted by atomic mass is 16.7. The van der Waals surface area contributed by atoms with Gasteiger partial charge in [-0.1, -0.05) is 294 Å². The fourth-order valence-corrected chi connectivity index (χ4v) is 10.5. The standard InChI is InChI=1S/C68H125NO10/c1-4-7-10-13-16-19-22-25-27-28-29-30-31-32-33-34-35-36-37-40-43-46-49-52-55-61(72)67(76)69-59(60(71)54-51-48-45-42-39-24-21-18-15-12-9-6-3)58-77-68-66(65(75)64(74)62(57-70)78-68)79-63(73)56-53-50-47-44-41-38-26-23-20-17-14-11-8-5-2/h8,11,17,20,26,38,51,54,59-62,64-66,68,70-72,74-75H,4-7,9-10,12-16,18-19,21-25,27-37,39-50,52-53,55-58H2,1-3H3,(H,69,76)/b11-8+,20-17+,38-26+,54-51+. The van der Waals surface area contributed by atoms with E-state index in [0.29, 0.717) is 19.3 Å². The van der Waals surface area contributed by atoms with Crippen LogP contribution in [0, 0.1) is 0 Å². The third-order valence-corrected chi connectivity index (χ3v) is 15.7. The van der Waals surface area contributed by atoms with Gasteiger partial charge < -0.3 is 45.1 Å². The van der Waals surface area contributed by atoms with Crippen LogP contribution in [0.2, 0.25) is 0 Å². The molecule has 1 rings (SSSR count). The van der Waals surface area contributed by atoms with E-state index in [1.54, 1.807) is 6.08 Å². The zero-order chi connectivity index (χ0) is 57.5. The Balaban J connectivity index is 2.59. The summed E-state index contributed by atoms with van der Waals surface area (Å²) in [6.45, 7) is 5.69. The van der Waals surface area contributed by atoms with E-state index in [2.05, 4.69) is 62.5 Å². The van der Waals surface area contributed by atoms with Crippen molar-refractivity contribution in [2.45, 2.75) is 359 Å². The summed E-state index contributed by atoms with van der Waals surface area (Å²) in [6.07, 6.45) is 58.8. The molecule has 0 spiro atoms. The Morgan fingerprint density at radius 3 is 1.37 bits per heavy atom. The number of allylic oxidation sites excluding steroid dienone is 7. The molecule has 0 radical (unpaired) electrons. The average Bonchev–Trinajstić information content (AvgIpc) is 3.49. The van der Waals surface area contributed by atoms with Gasteiger partial charge in [0.15, 0.2) is 12.4 Å². The first-order chi connectivity index (χ1) is 38.7. The van der Waals surface area contributed by atoms with E-state index in [1.165, 1.54) is 180 Å². The van der Waals surface area contributed by atoms with Gasteiger partial charge in [0.1, 0.15) is 24.4 Å². The monoisotopic (exact) mass is 1120 g/mol. The van der Waals surface area contributed by atoms with Crippen molar-refractivity contribution in [3.63, 3.8) is 0 Å². The van der Waals surface area contributed by atoms with Gasteiger partial charge in [-0.15, -0.1) is 0 Å². The van der Waals surface area contributed by atoms with Gasteiger partial charge >= 0.3 is 5.97 Å². The van der Waals surface area contributed by atoms with Crippen molar-refractivity contribution >= 4 is 11.9 Å². The second-order valence-corrected chi connectivity index (χ2v) is 23.2. The van der Waals surface area contributed by atoms with Crippen molar-refractivity contribution < 1.29 is 49.3 Å². The lowest BCUT2D eigenvalue weighted by atomic mass is 9.99. The fraction of sp³-hybridized carbons (Fsp3) is 0.853. The number of aliphatic hydroxyl groups excluding tert-OH is 5. The van der Waals surface area contributed by atoms with Gasteiger partial charge in [-0.05, 0) is 57.8 Å². The number of carbonyl (C=O) groups excluding carboxylic acids is 2. The van der Waals surface area contributed by atoms with Gasteiger partial charge in [0.25, 0.3) is 0 Å². The van der Waals surface area contributed by atoms with E-state index in [9.17, 15) is 35.1 Å². The molecule has 8 unspecified atom stereocenters. The summed E-state index contributed by atoms with van der Waals surface area (Å²) in [5.41, 5.74) is 0. The Kier molecular flexibility index (Phi) is 53.0. The second kappa shape index (κ2) is 56.1. The zero-order valence-electron chi connectivity index (χ0n) is 51.2. The first-order valence-electron chi connectivity index (χ1n) is 33.4. The lowest BCUT2D eigenvalue weighted by Gasteiger charge is -2.41. The van der Waals surface area contributed by atoms with E-state index in [-0.39, 0.29) is 13.0 Å². The molecule has 1 heterocycles. The average molecular weight is 1120 g/mol. The molecule has 0 aromatic carbocycles. The van der Waals surface area contributed by atoms with E-state index in [4.69, 9.17) is 14.2 Å². The van der Waals surface area contributed by atoms with Crippen LogP contribution < -0.4 is 5.32 Å². The summed E-state index contributed by atoms with van der Waals surface area (Å²) in [6, 6.07) is -1.03. The number of esters is 1. The van der Waals surface area contributed by atoms with Crippen molar-refractivity contribution in [3.05, 3.63) is 48.6 Å². The van der Waals surface area contributed by atoms with Gasteiger partial charge in [-0.25, -0.2) is 0 Å². The fourth-order valence-electron chi connectivity index (χ4n) is 10.5. The minimum Gasteiger partial charge on any atom is -0.454 e. The predicted molar refractivity (Wildman–Crippen MR) is 329 cm³/mol. The smallest absolute Gasteiger partial charge is 0.306 e. The number of aliphatic hydroxyl groups is 5. The summed E-state index contributed by atoms with van der Waals surface area (Å²) in [5, 5.41) is 57.0. The van der Waals surface area contributed by atoms with Crippen molar-refractivity contribution in [3.8, 4) is 0 Å². The molecule has 79 heavy (non-hydrogen) atoms. The van der Waals surface area contributed by atoms with Crippen LogP contribution in [-0.4, -0.2) is 99.6 Å². The summed E-state index contributed by atoms with van der Waals surface area (Å²) in [5.74, 6) is -1.21. The van der Waals surface area contributed by atoms with Gasteiger partial charge in [-0.2, -0.15) is 0 Å². The highest BCUT2D eigenvalue weighted by Crippen LogP contribution is 2.26. The molecule has 0 aromatic heterocycles. The van der Waals surface area contributed by atoms with Gasteiger partial charge in [0.2, 0.25) is 5.91 Å². The van der Waals surface area contributed by atoms with Crippen LogP contribution in [0.3, 0.4) is 0 Å². The molecule has 1 fully saturated rings. The third-order valence-electron chi connectivity index (χ3n) is 15.7. The number of rotatable bonds is 57. The maximum absolute atomic E-state index is 13.5.